The van der Waals surface area contributed by atoms with Gasteiger partial charge >= 0.3 is 0 Å². The first-order valence-corrected chi connectivity index (χ1v) is 7.96. The van der Waals surface area contributed by atoms with Gasteiger partial charge in [-0.15, -0.1) is 0 Å². The Hall–Kier alpha value is -1.85. The van der Waals surface area contributed by atoms with E-state index in [1.165, 1.54) is 6.07 Å². The van der Waals surface area contributed by atoms with E-state index in [1.54, 1.807) is 13.0 Å². The van der Waals surface area contributed by atoms with Crippen molar-refractivity contribution in [1.82, 2.24) is 0 Å². The van der Waals surface area contributed by atoms with Gasteiger partial charge in [0.1, 0.15) is 10.6 Å². The number of hydrogen-bond acceptors (Lipinski definition) is 3. The highest BCUT2D eigenvalue weighted by Gasteiger charge is 2.29. The topological polar surface area (TPSA) is 74.6 Å². The number of aromatic hydroxyl groups is 1. The van der Waals surface area contributed by atoms with Gasteiger partial charge < -0.3 is 5.11 Å². The Kier molecular flexibility index (Phi) is 3.82. The van der Waals surface area contributed by atoms with E-state index in [0.717, 1.165) is 11.1 Å². The fraction of sp³-hybridized carbons (Fsp3) is 0.250. The first kappa shape index (κ1) is 15.5. The van der Waals surface area contributed by atoms with Crippen LogP contribution in [0.3, 0.4) is 0 Å². The molecule has 0 aliphatic carbocycles. The smallest absolute Gasteiger partial charge is 0.298 e. The van der Waals surface area contributed by atoms with Crippen molar-refractivity contribution in [3.8, 4) is 5.75 Å². The monoisotopic (exact) mass is 306 g/mol. The molecule has 0 saturated heterocycles. The minimum Gasteiger partial charge on any atom is -0.506 e. The molecule has 2 aromatic rings. The summed E-state index contributed by atoms with van der Waals surface area (Å²) in [5.41, 5.74) is 1.64. The normalized spacial score (nSPS) is 12.4. The molecule has 0 aliphatic heterocycles. The maximum atomic E-state index is 11.5. The van der Waals surface area contributed by atoms with Crippen molar-refractivity contribution in [2.75, 3.05) is 0 Å². The van der Waals surface area contributed by atoms with Crippen LogP contribution in [0.4, 0.5) is 0 Å². The average Bonchev–Trinajstić information content (AvgIpc) is 2.37. The van der Waals surface area contributed by atoms with Gasteiger partial charge in [-0.1, -0.05) is 50.2 Å². The van der Waals surface area contributed by atoms with Crippen molar-refractivity contribution in [2.45, 2.75) is 31.1 Å². The zero-order valence-corrected chi connectivity index (χ0v) is 13.0. The lowest BCUT2D eigenvalue weighted by molar-refractivity contribution is 0.440. The number of hydrogen-bond donors (Lipinski definition) is 2. The molecule has 112 valence electrons. The summed E-state index contributed by atoms with van der Waals surface area (Å²) in [5, 5.41) is 9.75. The Morgan fingerprint density at radius 1 is 1.00 bits per heavy atom. The molecule has 0 spiro atoms. The lowest BCUT2D eigenvalue weighted by Gasteiger charge is -2.28. The summed E-state index contributed by atoms with van der Waals surface area (Å²) in [6.45, 7) is 5.52. The summed E-state index contributed by atoms with van der Waals surface area (Å²) < 4.78 is 32.3. The van der Waals surface area contributed by atoms with Crippen molar-refractivity contribution >= 4 is 10.1 Å². The first-order chi connectivity index (χ1) is 9.65. The molecule has 0 radical (unpaired) electrons. The van der Waals surface area contributed by atoms with Gasteiger partial charge in [-0.25, -0.2) is 0 Å². The highest BCUT2D eigenvalue weighted by molar-refractivity contribution is 7.86. The van der Waals surface area contributed by atoms with Crippen molar-refractivity contribution in [3.05, 3.63) is 59.2 Å². The lowest BCUT2D eigenvalue weighted by atomic mass is 9.76. The van der Waals surface area contributed by atoms with Crippen LogP contribution in [0.2, 0.25) is 0 Å². The van der Waals surface area contributed by atoms with Crippen molar-refractivity contribution in [1.29, 1.82) is 0 Å². The molecule has 0 aliphatic rings. The molecule has 0 heterocycles. The summed E-state index contributed by atoms with van der Waals surface area (Å²) in [4.78, 5) is -0.427. The molecule has 21 heavy (non-hydrogen) atoms. The van der Waals surface area contributed by atoms with E-state index in [1.807, 2.05) is 44.2 Å². The highest BCUT2D eigenvalue weighted by atomic mass is 32.2. The highest BCUT2D eigenvalue weighted by Crippen LogP contribution is 2.38. The predicted molar refractivity (Wildman–Crippen MR) is 81.2 cm³/mol. The van der Waals surface area contributed by atoms with Gasteiger partial charge in [0.05, 0.1) is 0 Å². The minimum absolute atomic E-state index is 0.353. The van der Waals surface area contributed by atoms with Gasteiger partial charge in [0.25, 0.3) is 10.1 Å². The van der Waals surface area contributed by atoms with E-state index in [9.17, 15) is 18.1 Å². The minimum atomic E-state index is -4.48. The van der Waals surface area contributed by atoms with Crippen molar-refractivity contribution < 1.29 is 18.1 Å². The Labute approximate surface area is 124 Å². The predicted octanol–water partition coefficient (Wildman–Crippen LogP) is 3.27. The average molecular weight is 306 g/mol. The summed E-state index contributed by atoms with van der Waals surface area (Å²) in [5.74, 6) is -0.442. The second-order valence-corrected chi connectivity index (χ2v) is 6.91. The number of benzene rings is 2. The second kappa shape index (κ2) is 5.16. The number of phenols is 1. The largest absolute Gasteiger partial charge is 0.506 e. The molecule has 2 rings (SSSR count). The van der Waals surface area contributed by atoms with Gasteiger partial charge in [-0.2, -0.15) is 8.42 Å². The summed E-state index contributed by atoms with van der Waals surface area (Å²) >= 11 is 0. The summed E-state index contributed by atoms with van der Waals surface area (Å²) in [7, 11) is -4.48. The van der Waals surface area contributed by atoms with Crippen molar-refractivity contribution in [3.63, 3.8) is 0 Å². The van der Waals surface area contributed by atoms with Gasteiger partial charge in [-0.3, -0.25) is 4.55 Å². The SMILES string of the molecule is Cc1c(C(C)(C)c2ccccc2)ccc(O)c1S(=O)(=O)O. The van der Waals surface area contributed by atoms with Gasteiger partial charge in [0.2, 0.25) is 0 Å². The van der Waals surface area contributed by atoms with E-state index in [0.29, 0.717) is 5.56 Å². The molecule has 0 fully saturated rings. The van der Waals surface area contributed by atoms with E-state index in [2.05, 4.69) is 0 Å². The maximum absolute atomic E-state index is 11.5. The van der Waals surface area contributed by atoms with E-state index in [4.69, 9.17) is 0 Å². The van der Waals surface area contributed by atoms with E-state index in [-0.39, 0.29) is 0 Å². The maximum Gasteiger partial charge on any atom is 0.298 e. The third kappa shape index (κ3) is 2.80. The molecule has 0 saturated carbocycles. The Balaban J connectivity index is 2.72. The number of phenolic OH excluding ortho intramolecular Hbond substituents is 1. The lowest BCUT2D eigenvalue weighted by Crippen LogP contribution is -2.21. The molecule has 0 unspecified atom stereocenters. The van der Waals surface area contributed by atoms with Crippen LogP contribution < -0.4 is 0 Å². The first-order valence-electron chi connectivity index (χ1n) is 6.52. The van der Waals surface area contributed by atoms with Crippen LogP contribution in [0.25, 0.3) is 0 Å². The zero-order chi connectivity index (χ0) is 15.8. The fourth-order valence-corrected chi connectivity index (χ4v) is 3.52. The molecule has 0 atom stereocenters. The van der Waals surface area contributed by atoms with E-state index >= 15 is 0 Å². The van der Waals surface area contributed by atoms with E-state index < -0.39 is 26.2 Å². The van der Waals surface area contributed by atoms with Gasteiger partial charge in [0.15, 0.2) is 0 Å². The molecular weight excluding hydrogens is 288 g/mol. The van der Waals surface area contributed by atoms with Crippen LogP contribution in [0, 0.1) is 6.92 Å². The third-order valence-electron chi connectivity index (χ3n) is 3.81. The molecular formula is C16H18O4S. The summed E-state index contributed by atoms with van der Waals surface area (Å²) in [6.07, 6.45) is 0. The molecule has 4 nitrogen and oxygen atoms in total. The molecule has 0 amide bonds. The quantitative estimate of drug-likeness (QED) is 0.853. The second-order valence-electron chi connectivity index (χ2n) is 5.55. The fourth-order valence-electron chi connectivity index (χ4n) is 2.69. The Morgan fingerprint density at radius 3 is 2.10 bits per heavy atom. The third-order valence-corrected chi connectivity index (χ3v) is 4.84. The number of rotatable bonds is 3. The van der Waals surface area contributed by atoms with Crippen LogP contribution in [-0.4, -0.2) is 18.1 Å². The molecule has 0 bridgehead atoms. The molecule has 2 N–H and O–H groups in total. The van der Waals surface area contributed by atoms with Crippen LogP contribution in [-0.2, 0) is 15.5 Å². The van der Waals surface area contributed by atoms with Gasteiger partial charge in [-0.05, 0) is 29.7 Å². The molecule has 2 aromatic carbocycles. The standard InChI is InChI=1S/C16H18O4S/c1-11-13(9-10-14(17)15(11)21(18,19)20)16(2,3)12-7-5-4-6-8-12/h4-10,17H,1-3H3,(H,18,19,20). The molecule has 5 heteroatoms. The van der Waals surface area contributed by atoms with Crippen LogP contribution in [0.15, 0.2) is 47.4 Å². The molecule has 0 aromatic heterocycles. The van der Waals surface area contributed by atoms with Gasteiger partial charge in [0, 0.05) is 5.41 Å². The van der Waals surface area contributed by atoms with Crippen molar-refractivity contribution in [2.24, 2.45) is 0 Å². The van der Waals surface area contributed by atoms with Crippen LogP contribution >= 0.6 is 0 Å². The summed E-state index contributed by atoms with van der Waals surface area (Å²) in [6, 6.07) is 12.6. The zero-order valence-electron chi connectivity index (χ0n) is 12.2. The van der Waals surface area contributed by atoms with Crippen LogP contribution in [0.5, 0.6) is 5.75 Å². The van der Waals surface area contributed by atoms with Crippen LogP contribution in [0.1, 0.15) is 30.5 Å². The Morgan fingerprint density at radius 2 is 1.57 bits per heavy atom. The Bertz CT molecular complexity index is 762.